The Morgan fingerprint density at radius 1 is 0.703 bits per heavy atom. The standard InChI is InChI=1S/C34H60O2Si/c1-15-16-22-31(6,7)25-33(10,11)29-18-20-30(21-19-29)34(12,13)26-32(8,9)23-17-24-37(14,35-27(2)3)36-28(4)5/h18-21H,2,4,15-17,22-26H2,1,3,5-14H3. The molecule has 0 saturated heterocycles. The van der Waals surface area contributed by atoms with Crippen LogP contribution in [0.15, 0.2) is 48.9 Å². The van der Waals surface area contributed by atoms with Gasteiger partial charge in [0.2, 0.25) is 0 Å². The van der Waals surface area contributed by atoms with Gasteiger partial charge in [0.05, 0.1) is 11.5 Å². The van der Waals surface area contributed by atoms with Crippen LogP contribution in [-0.4, -0.2) is 8.56 Å². The fourth-order valence-corrected chi connectivity index (χ4v) is 9.09. The van der Waals surface area contributed by atoms with Crippen molar-refractivity contribution in [3.8, 4) is 0 Å². The molecule has 0 atom stereocenters. The summed E-state index contributed by atoms with van der Waals surface area (Å²) in [5.74, 6) is 1.46. The highest BCUT2D eigenvalue weighted by atomic mass is 28.4. The third-order valence-corrected chi connectivity index (χ3v) is 10.6. The highest BCUT2D eigenvalue weighted by molar-refractivity contribution is 6.66. The minimum atomic E-state index is -2.35. The van der Waals surface area contributed by atoms with Crippen LogP contribution >= 0.6 is 0 Å². The average Bonchev–Trinajstić information content (AvgIpc) is 2.69. The van der Waals surface area contributed by atoms with E-state index < -0.39 is 8.56 Å². The van der Waals surface area contributed by atoms with E-state index in [0.29, 0.717) is 5.41 Å². The van der Waals surface area contributed by atoms with Crippen LogP contribution in [0.1, 0.15) is 132 Å². The van der Waals surface area contributed by atoms with E-state index in [9.17, 15) is 0 Å². The van der Waals surface area contributed by atoms with E-state index in [1.807, 2.05) is 13.8 Å². The molecule has 1 rings (SSSR count). The summed E-state index contributed by atoms with van der Waals surface area (Å²) >= 11 is 0. The summed E-state index contributed by atoms with van der Waals surface area (Å²) in [6.07, 6.45) is 8.44. The summed E-state index contributed by atoms with van der Waals surface area (Å²) in [6, 6.07) is 10.5. The summed E-state index contributed by atoms with van der Waals surface area (Å²) in [4.78, 5) is 0. The largest absolute Gasteiger partial charge is 0.517 e. The average molecular weight is 529 g/mol. The maximum Gasteiger partial charge on any atom is 0.456 e. The summed E-state index contributed by atoms with van der Waals surface area (Å²) in [7, 11) is -2.35. The summed E-state index contributed by atoms with van der Waals surface area (Å²) < 4.78 is 12.2. The molecule has 0 aliphatic heterocycles. The summed E-state index contributed by atoms with van der Waals surface area (Å²) in [5, 5.41) is 0. The third kappa shape index (κ3) is 11.8. The second-order valence-electron chi connectivity index (χ2n) is 14.7. The number of hydrogen-bond acceptors (Lipinski definition) is 2. The first-order valence-corrected chi connectivity index (χ1v) is 17.1. The number of unbranched alkanes of at least 4 members (excludes halogenated alkanes) is 1. The highest BCUT2D eigenvalue weighted by Gasteiger charge is 2.37. The monoisotopic (exact) mass is 528 g/mol. The van der Waals surface area contributed by atoms with Crippen molar-refractivity contribution >= 4 is 8.56 Å². The SMILES string of the molecule is C=C(C)O[Si](C)(CCCC(C)(C)CC(C)(C)c1ccc(C(C)(C)CC(C)(C)CCCC)cc1)OC(=C)C. The van der Waals surface area contributed by atoms with Gasteiger partial charge in [-0.1, -0.05) is 113 Å². The molecule has 0 amide bonds. The molecule has 3 heteroatoms. The molecule has 0 aliphatic carbocycles. The molecule has 1 aromatic carbocycles. The van der Waals surface area contributed by atoms with Gasteiger partial charge in [0, 0.05) is 12.6 Å². The van der Waals surface area contributed by atoms with Crippen LogP contribution in [0.2, 0.25) is 12.6 Å². The van der Waals surface area contributed by atoms with Gasteiger partial charge in [-0.3, -0.25) is 0 Å². The molecule has 37 heavy (non-hydrogen) atoms. The normalized spacial score (nSPS) is 13.4. The molecule has 0 radical (unpaired) electrons. The minimum absolute atomic E-state index is 0.107. The molecule has 0 N–H and O–H groups in total. The van der Waals surface area contributed by atoms with E-state index in [0.717, 1.165) is 36.8 Å². The van der Waals surface area contributed by atoms with E-state index in [-0.39, 0.29) is 16.2 Å². The minimum Gasteiger partial charge on any atom is -0.517 e. The van der Waals surface area contributed by atoms with Crippen molar-refractivity contribution in [1.82, 2.24) is 0 Å². The predicted octanol–water partition coefficient (Wildman–Crippen LogP) is 11.2. The fraction of sp³-hybridized carbons (Fsp3) is 0.706. The number of benzene rings is 1. The fourth-order valence-electron chi connectivity index (χ4n) is 6.55. The van der Waals surface area contributed by atoms with Gasteiger partial charge in [0.15, 0.2) is 0 Å². The van der Waals surface area contributed by atoms with Gasteiger partial charge in [-0.2, -0.15) is 0 Å². The first-order chi connectivity index (χ1) is 16.7. The van der Waals surface area contributed by atoms with Crippen LogP contribution in [-0.2, 0) is 19.7 Å². The predicted molar refractivity (Wildman–Crippen MR) is 166 cm³/mol. The van der Waals surface area contributed by atoms with Crippen molar-refractivity contribution in [3.63, 3.8) is 0 Å². The molecule has 0 spiro atoms. The maximum absolute atomic E-state index is 6.08. The Balaban J connectivity index is 2.87. The van der Waals surface area contributed by atoms with Gasteiger partial charge in [-0.25, -0.2) is 0 Å². The number of allylic oxidation sites excluding steroid dienone is 2. The Labute approximate surface area is 232 Å². The van der Waals surface area contributed by atoms with Crippen molar-refractivity contribution in [3.05, 3.63) is 60.1 Å². The molecule has 2 nitrogen and oxygen atoms in total. The van der Waals surface area contributed by atoms with Gasteiger partial charge >= 0.3 is 8.56 Å². The van der Waals surface area contributed by atoms with Crippen molar-refractivity contribution < 1.29 is 8.85 Å². The van der Waals surface area contributed by atoms with E-state index in [4.69, 9.17) is 8.85 Å². The van der Waals surface area contributed by atoms with E-state index in [1.54, 1.807) is 0 Å². The molecule has 0 saturated carbocycles. The second-order valence-corrected chi connectivity index (χ2v) is 17.9. The zero-order valence-electron chi connectivity index (χ0n) is 26.7. The van der Waals surface area contributed by atoms with E-state index >= 15 is 0 Å². The van der Waals surface area contributed by atoms with Gasteiger partial charge < -0.3 is 8.85 Å². The molecule has 0 unspecified atom stereocenters. The van der Waals surface area contributed by atoms with E-state index in [1.165, 1.54) is 36.8 Å². The quantitative estimate of drug-likeness (QED) is 0.148. The molecule has 0 aromatic heterocycles. The molecule has 0 fully saturated rings. The highest BCUT2D eigenvalue weighted by Crippen LogP contribution is 2.43. The zero-order valence-corrected chi connectivity index (χ0v) is 27.7. The Morgan fingerprint density at radius 3 is 1.38 bits per heavy atom. The Hall–Kier alpha value is -1.48. The lowest BCUT2D eigenvalue weighted by Gasteiger charge is -2.38. The van der Waals surface area contributed by atoms with E-state index in [2.05, 4.69) is 106 Å². The molecular formula is C34H60O2Si. The van der Waals surface area contributed by atoms with Crippen molar-refractivity contribution in [1.29, 1.82) is 0 Å². The Kier molecular flexibility index (Phi) is 11.8. The van der Waals surface area contributed by atoms with Crippen LogP contribution in [0, 0.1) is 10.8 Å². The Bertz CT molecular complexity index is 858. The Morgan fingerprint density at radius 2 is 1.05 bits per heavy atom. The van der Waals surface area contributed by atoms with Gasteiger partial charge in [0.1, 0.15) is 0 Å². The molecule has 1 aromatic rings. The van der Waals surface area contributed by atoms with Crippen LogP contribution in [0.4, 0.5) is 0 Å². The molecule has 0 heterocycles. The molecule has 212 valence electrons. The number of hydrogen-bond donors (Lipinski definition) is 0. The first-order valence-electron chi connectivity index (χ1n) is 14.5. The lowest BCUT2D eigenvalue weighted by Crippen LogP contribution is -2.37. The maximum atomic E-state index is 6.08. The van der Waals surface area contributed by atoms with Crippen LogP contribution in [0.5, 0.6) is 0 Å². The van der Waals surface area contributed by atoms with Gasteiger partial charge in [-0.15, -0.1) is 0 Å². The van der Waals surface area contributed by atoms with Gasteiger partial charge in [-0.05, 0) is 78.7 Å². The zero-order chi connectivity index (χ0) is 28.7. The number of rotatable bonds is 17. The third-order valence-electron chi connectivity index (χ3n) is 7.76. The van der Waals surface area contributed by atoms with Crippen LogP contribution in [0.25, 0.3) is 0 Å². The topological polar surface area (TPSA) is 18.5 Å². The lowest BCUT2D eigenvalue weighted by molar-refractivity contribution is 0.227. The van der Waals surface area contributed by atoms with Crippen molar-refractivity contribution in [2.45, 2.75) is 145 Å². The molecule has 0 aliphatic rings. The second kappa shape index (κ2) is 13.0. The van der Waals surface area contributed by atoms with Crippen molar-refractivity contribution in [2.75, 3.05) is 0 Å². The van der Waals surface area contributed by atoms with Crippen molar-refractivity contribution in [2.24, 2.45) is 10.8 Å². The molecular weight excluding hydrogens is 468 g/mol. The molecule has 0 bridgehead atoms. The van der Waals surface area contributed by atoms with Crippen LogP contribution < -0.4 is 0 Å². The first kappa shape index (κ1) is 33.5. The summed E-state index contributed by atoms with van der Waals surface area (Å²) in [6.45, 7) is 35.4. The van der Waals surface area contributed by atoms with Crippen LogP contribution in [0.3, 0.4) is 0 Å². The smallest absolute Gasteiger partial charge is 0.456 e. The lowest BCUT2D eigenvalue weighted by atomic mass is 9.68. The van der Waals surface area contributed by atoms with Gasteiger partial charge in [0.25, 0.3) is 0 Å². The summed E-state index contributed by atoms with van der Waals surface area (Å²) in [5.41, 5.74) is 3.75.